The second kappa shape index (κ2) is 8.35. The second-order valence-electron chi connectivity index (χ2n) is 6.10. The smallest absolute Gasteiger partial charge is 0.222 e. The normalized spacial score (nSPS) is 12.1. The molecule has 3 aromatic rings. The van der Waals surface area contributed by atoms with E-state index in [1.165, 1.54) is 5.56 Å². The summed E-state index contributed by atoms with van der Waals surface area (Å²) in [5.74, 6) is 0.646. The minimum atomic E-state index is 0.233. The van der Waals surface area contributed by atoms with E-state index in [2.05, 4.69) is 51.3 Å². The summed E-state index contributed by atoms with van der Waals surface area (Å²) in [6, 6.07) is 16.5. The summed E-state index contributed by atoms with van der Waals surface area (Å²) in [5, 5.41) is 3.24. The molecule has 0 amide bonds. The molecule has 128 valence electrons. The lowest BCUT2D eigenvalue weighted by atomic mass is 10.2. The van der Waals surface area contributed by atoms with Gasteiger partial charge in [-0.2, -0.15) is 0 Å². The number of nitrogens with one attached hydrogen (secondary N) is 1. The zero-order valence-electron chi connectivity index (χ0n) is 14.6. The summed E-state index contributed by atoms with van der Waals surface area (Å²) in [4.78, 5) is 15.5. The van der Waals surface area contributed by atoms with Crippen LogP contribution in [0.15, 0.2) is 67.1 Å². The number of rotatable bonds is 7. The SMILES string of the molecule is C[C@@H](c1ccccn1)N(C)Cc1cnc(NCc2ccccc2)nc1. The first-order valence-electron chi connectivity index (χ1n) is 8.42. The molecule has 0 aliphatic carbocycles. The number of pyridine rings is 1. The van der Waals surface area contributed by atoms with Crippen LogP contribution in [0.1, 0.15) is 29.8 Å². The van der Waals surface area contributed by atoms with E-state index in [4.69, 9.17) is 0 Å². The fourth-order valence-electron chi connectivity index (χ4n) is 2.58. The van der Waals surface area contributed by atoms with Crippen molar-refractivity contribution in [3.8, 4) is 0 Å². The van der Waals surface area contributed by atoms with Gasteiger partial charge in [-0.15, -0.1) is 0 Å². The van der Waals surface area contributed by atoms with Crippen molar-refractivity contribution >= 4 is 5.95 Å². The van der Waals surface area contributed by atoms with Crippen molar-refractivity contribution in [2.75, 3.05) is 12.4 Å². The van der Waals surface area contributed by atoms with E-state index in [0.717, 1.165) is 24.3 Å². The lowest BCUT2D eigenvalue weighted by Crippen LogP contribution is -2.22. The van der Waals surface area contributed by atoms with Crippen LogP contribution < -0.4 is 5.32 Å². The molecule has 0 fully saturated rings. The third kappa shape index (κ3) is 4.84. The van der Waals surface area contributed by atoms with E-state index in [1.54, 1.807) is 0 Å². The molecular formula is C20H23N5. The van der Waals surface area contributed by atoms with E-state index in [1.807, 2.05) is 55.0 Å². The van der Waals surface area contributed by atoms with Crippen LogP contribution in [0.3, 0.4) is 0 Å². The molecule has 0 bridgehead atoms. The first-order chi connectivity index (χ1) is 12.2. The highest BCUT2D eigenvalue weighted by Gasteiger charge is 2.13. The third-order valence-corrected chi connectivity index (χ3v) is 4.21. The summed E-state index contributed by atoms with van der Waals surface area (Å²) < 4.78 is 0. The van der Waals surface area contributed by atoms with Crippen molar-refractivity contribution in [2.24, 2.45) is 0 Å². The van der Waals surface area contributed by atoms with Gasteiger partial charge in [-0.1, -0.05) is 36.4 Å². The van der Waals surface area contributed by atoms with E-state index >= 15 is 0 Å². The predicted octanol–water partition coefficient (Wildman–Crippen LogP) is 3.68. The topological polar surface area (TPSA) is 53.9 Å². The standard InChI is InChI=1S/C20H23N5/c1-16(19-10-6-7-11-21-19)25(2)15-18-13-23-20(24-14-18)22-12-17-8-4-3-5-9-17/h3-11,13-14,16H,12,15H2,1-2H3,(H,22,23,24)/t16-/m0/s1. The highest BCUT2D eigenvalue weighted by molar-refractivity contribution is 5.28. The minimum Gasteiger partial charge on any atom is -0.350 e. The Balaban J connectivity index is 1.55. The highest BCUT2D eigenvalue weighted by Crippen LogP contribution is 2.18. The number of anilines is 1. The largest absolute Gasteiger partial charge is 0.350 e. The first-order valence-corrected chi connectivity index (χ1v) is 8.42. The molecule has 0 aliphatic heterocycles. The number of benzene rings is 1. The molecule has 0 radical (unpaired) electrons. The molecule has 0 saturated carbocycles. The summed E-state index contributed by atoms with van der Waals surface area (Å²) in [5.41, 5.74) is 3.35. The van der Waals surface area contributed by atoms with Crippen LogP contribution in [-0.2, 0) is 13.1 Å². The quantitative estimate of drug-likeness (QED) is 0.715. The van der Waals surface area contributed by atoms with Gasteiger partial charge in [0.15, 0.2) is 0 Å². The third-order valence-electron chi connectivity index (χ3n) is 4.21. The van der Waals surface area contributed by atoms with Crippen LogP contribution in [0.2, 0.25) is 0 Å². The van der Waals surface area contributed by atoms with Gasteiger partial charge < -0.3 is 5.32 Å². The molecule has 5 nitrogen and oxygen atoms in total. The Morgan fingerprint density at radius 2 is 1.64 bits per heavy atom. The van der Waals surface area contributed by atoms with E-state index in [-0.39, 0.29) is 6.04 Å². The Kier molecular flexibility index (Phi) is 5.69. The van der Waals surface area contributed by atoms with Crippen molar-refractivity contribution in [2.45, 2.75) is 26.1 Å². The average molecular weight is 333 g/mol. The van der Waals surface area contributed by atoms with E-state index in [0.29, 0.717) is 5.95 Å². The molecular weight excluding hydrogens is 310 g/mol. The molecule has 3 rings (SSSR count). The van der Waals surface area contributed by atoms with Crippen molar-refractivity contribution in [3.63, 3.8) is 0 Å². The van der Waals surface area contributed by atoms with Gasteiger partial charge in [-0.05, 0) is 31.7 Å². The molecule has 2 heterocycles. The molecule has 0 unspecified atom stereocenters. The maximum atomic E-state index is 4.43. The van der Waals surface area contributed by atoms with Crippen molar-refractivity contribution < 1.29 is 0 Å². The predicted molar refractivity (Wildman–Crippen MR) is 99.9 cm³/mol. The highest BCUT2D eigenvalue weighted by atomic mass is 15.1. The summed E-state index contributed by atoms with van der Waals surface area (Å²) in [7, 11) is 2.08. The number of aromatic nitrogens is 3. The second-order valence-corrected chi connectivity index (χ2v) is 6.10. The zero-order valence-corrected chi connectivity index (χ0v) is 14.6. The Morgan fingerprint density at radius 1 is 0.920 bits per heavy atom. The van der Waals surface area contributed by atoms with Gasteiger partial charge in [0.25, 0.3) is 0 Å². The first kappa shape index (κ1) is 17.0. The van der Waals surface area contributed by atoms with Crippen LogP contribution in [0.5, 0.6) is 0 Å². The Bertz CT molecular complexity index is 759. The minimum absolute atomic E-state index is 0.233. The molecule has 2 aromatic heterocycles. The van der Waals surface area contributed by atoms with E-state index in [9.17, 15) is 0 Å². The number of nitrogens with zero attached hydrogens (tertiary/aromatic N) is 4. The van der Waals surface area contributed by atoms with E-state index < -0.39 is 0 Å². The van der Waals surface area contributed by atoms with Crippen LogP contribution >= 0.6 is 0 Å². The average Bonchev–Trinajstić information content (AvgIpc) is 2.68. The maximum Gasteiger partial charge on any atom is 0.222 e. The van der Waals surface area contributed by atoms with Crippen LogP contribution in [0.4, 0.5) is 5.95 Å². The maximum absolute atomic E-state index is 4.43. The molecule has 1 N–H and O–H groups in total. The summed E-state index contributed by atoms with van der Waals surface area (Å²) in [6.07, 6.45) is 5.58. The lowest BCUT2D eigenvalue weighted by molar-refractivity contribution is 0.248. The molecule has 25 heavy (non-hydrogen) atoms. The van der Waals surface area contributed by atoms with Gasteiger partial charge in [-0.25, -0.2) is 9.97 Å². The summed E-state index contributed by atoms with van der Waals surface area (Å²) in [6.45, 7) is 3.65. The van der Waals surface area contributed by atoms with Gasteiger partial charge >= 0.3 is 0 Å². The molecule has 0 aliphatic rings. The Hall–Kier alpha value is -2.79. The van der Waals surface area contributed by atoms with Gasteiger partial charge in [-0.3, -0.25) is 9.88 Å². The molecule has 1 aromatic carbocycles. The molecule has 0 spiro atoms. The van der Waals surface area contributed by atoms with Crippen molar-refractivity contribution in [3.05, 3.63) is 83.9 Å². The zero-order chi connectivity index (χ0) is 17.5. The monoisotopic (exact) mass is 333 g/mol. The van der Waals surface area contributed by atoms with Gasteiger partial charge in [0.1, 0.15) is 0 Å². The summed E-state index contributed by atoms with van der Waals surface area (Å²) >= 11 is 0. The fourth-order valence-corrected chi connectivity index (χ4v) is 2.58. The van der Waals surface area contributed by atoms with Gasteiger partial charge in [0.05, 0.1) is 5.69 Å². The lowest BCUT2D eigenvalue weighted by Gasteiger charge is -2.24. The Morgan fingerprint density at radius 3 is 2.32 bits per heavy atom. The number of hydrogen-bond donors (Lipinski definition) is 1. The van der Waals surface area contributed by atoms with Crippen molar-refractivity contribution in [1.29, 1.82) is 0 Å². The molecule has 5 heteroatoms. The van der Waals surface area contributed by atoms with Crippen LogP contribution in [0, 0.1) is 0 Å². The Labute approximate surface area is 148 Å². The van der Waals surface area contributed by atoms with Crippen molar-refractivity contribution in [1.82, 2.24) is 19.9 Å². The van der Waals surface area contributed by atoms with Gasteiger partial charge in [0.2, 0.25) is 5.95 Å². The van der Waals surface area contributed by atoms with Crippen LogP contribution in [0.25, 0.3) is 0 Å². The molecule has 0 saturated heterocycles. The van der Waals surface area contributed by atoms with Gasteiger partial charge in [0, 0.05) is 43.3 Å². The molecule has 1 atom stereocenters. The van der Waals surface area contributed by atoms with Crippen LogP contribution in [-0.4, -0.2) is 26.9 Å². The number of hydrogen-bond acceptors (Lipinski definition) is 5. The fraction of sp³-hybridized carbons (Fsp3) is 0.250.